The summed E-state index contributed by atoms with van der Waals surface area (Å²) in [5, 5.41) is 7.62. The summed E-state index contributed by atoms with van der Waals surface area (Å²) in [6, 6.07) is 17.4. The van der Waals surface area contributed by atoms with E-state index in [0.29, 0.717) is 23.7 Å². The fraction of sp³-hybridized carbons (Fsp3) is 0.414. The van der Waals surface area contributed by atoms with Gasteiger partial charge < -0.3 is 10.2 Å². The molecule has 0 saturated heterocycles. The normalized spacial score (nSPS) is 11.8. The topological polar surface area (TPSA) is 67.2 Å². The van der Waals surface area contributed by atoms with Gasteiger partial charge in [0.2, 0.25) is 11.8 Å². The van der Waals surface area contributed by atoms with Gasteiger partial charge in [-0.2, -0.15) is 5.10 Å². The standard InChI is InChI=1S/C29H37FN4O2/c1-4-7-12-22(6-3)29(36)33(19-8-5-2)21-28(35)31-27-20-26(23-13-10-9-11-14-23)32-34(27)25-17-15-24(30)16-18-25/h9-11,13-18,20,22H,4-8,12,19,21H2,1-3H3,(H,31,35)/t22-/m1/s1. The Bertz CT molecular complexity index is 1110. The summed E-state index contributed by atoms with van der Waals surface area (Å²) in [5.74, 6) is -0.187. The Hall–Kier alpha value is -3.48. The van der Waals surface area contributed by atoms with Crippen LogP contribution in [0.15, 0.2) is 60.7 Å². The minimum absolute atomic E-state index is 0.0171. The molecule has 3 rings (SSSR count). The average molecular weight is 493 g/mol. The fourth-order valence-electron chi connectivity index (χ4n) is 4.18. The van der Waals surface area contributed by atoms with Crippen LogP contribution in [0.3, 0.4) is 0 Å². The van der Waals surface area contributed by atoms with E-state index in [1.807, 2.05) is 37.3 Å². The molecule has 2 aromatic carbocycles. The summed E-state index contributed by atoms with van der Waals surface area (Å²) in [4.78, 5) is 28.2. The number of hydrogen-bond acceptors (Lipinski definition) is 3. The van der Waals surface area contributed by atoms with E-state index in [1.165, 1.54) is 12.1 Å². The number of halogens is 1. The Labute approximate surface area is 213 Å². The molecule has 1 N–H and O–H groups in total. The predicted octanol–water partition coefficient (Wildman–Crippen LogP) is 6.46. The molecule has 6 nitrogen and oxygen atoms in total. The van der Waals surface area contributed by atoms with Crippen molar-refractivity contribution >= 4 is 17.6 Å². The van der Waals surface area contributed by atoms with Crippen molar-refractivity contribution in [2.45, 2.75) is 59.3 Å². The van der Waals surface area contributed by atoms with Crippen molar-refractivity contribution in [1.82, 2.24) is 14.7 Å². The molecular weight excluding hydrogens is 455 g/mol. The molecule has 36 heavy (non-hydrogen) atoms. The molecule has 0 bridgehead atoms. The number of anilines is 1. The third-order valence-corrected chi connectivity index (χ3v) is 6.29. The first kappa shape index (κ1) is 27.1. The highest BCUT2D eigenvalue weighted by Gasteiger charge is 2.25. The largest absolute Gasteiger partial charge is 0.333 e. The number of hydrogen-bond donors (Lipinski definition) is 1. The third kappa shape index (κ3) is 7.26. The Kier molecular flexibility index (Phi) is 10.2. The lowest BCUT2D eigenvalue weighted by atomic mass is 9.97. The lowest BCUT2D eigenvalue weighted by molar-refractivity contribution is -0.138. The van der Waals surface area contributed by atoms with Crippen molar-refractivity contribution in [2.75, 3.05) is 18.4 Å². The summed E-state index contributed by atoms with van der Waals surface area (Å²) in [6.45, 7) is 6.76. The van der Waals surface area contributed by atoms with Crippen LogP contribution in [0.4, 0.5) is 10.2 Å². The number of benzene rings is 2. The van der Waals surface area contributed by atoms with Crippen molar-refractivity contribution in [3.63, 3.8) is 0 Å². The molecule has 1 heterocycles. The summed E-state index contributed by atoms with van der Waals surface area (Å²) >= 11 is 0. The molecule has 1 aromatic heterocycles. The van der Waals surface area contributed by atoms with Crippen LogP contribution in [0.2, 0.25) is 0 Å². The van der Waals surface area contributed by atoms with Gasteiger partial charge in [-0.3, -0.25) is 9.59 Å². The number of rotatable bonds is 13. The molecule has 3 aromatic rings. The monoisotopic (exact) mass is 492 g/mol. The SMILES string of the molecule is CCCC[C@@H](CC)C(=O)N(CCCC)CC(=O)Nc1cc(-c2ccccc2)nn1-c1ccc(F)cc1. The Morgan fingerprint density at radius 3 is 2.33 bits per heavy atom. The van der Waals surface area contributed by atoms with Crippen LogP contribution in [0, 0.1) is 11.7 Å². The first-order valence-electron chi connectivity index (χ1n) is 13.0. The quantitative estimate of drug-likeness (QED) is 0.298. The second-order valence-electron chi connectivity index (χ2n) is 9.08. The van der Waals surface area contributed by atoms with Crippen molar-refractivity contribution in [2.24, 2.45) is 5.92 Å². The van der Waals surface area contributed by atoms with E-state index in [4.69, 9.17) is 0 Å². The van der Waals surface area contributed by atoms with E-state index < -0.39 is 0 Å². The third-order valence-electron chi connectivity index (χ3n) is 6.29. The minimum atomic E-state index is -0.349. The van der Waals surface area contributed by atoms with Crippen LogP contribution in [0.25, 0.3) is 16.9 Å². The summed E-state index contributed by atoms with van der Waals surface area (Å²) in [6.07, 6.45) is 5.42. The van der Waals surface area contributed by atoms with E-state index in [9.17, 15) is 14.0 Å². The highest BCUT2D eigenvalue weighted by Crippen LogP contribution is 2.25. The molecule has 192 valence electrons. The molecule has 0 spiro atoms. The molecule has 2 amide bonds. The van der Waals surface area contributed by atoms with Gasteiger partial charge in [-0.25, -0.2) is 9.07 Å². The zero-order valence-electron chi connectivity index (χ0n) is 21.5. The molecule has 0 aliphatic rings. The molecule has 7 heteroatoms. The van der Waals surface area contributed by atoms with Gasteiger partial charge >= 0.3 is 0 Å². The van der Waals surface area contributed by atoms with Crippen molar-refractivity contribution in [1.29, 1.82) is 0 Å². The highest BCUT2D eigenvalue weighted by atomic mass is 19.1. The molecule has 1 atom stereocenters. The van der Waals surface area contributed by atoms with Gasteiger partial charge in [0, 0.05) is 24.1 Å². The molecule has 0 fully saturated rings. The van der Waals surface area contributed by atoms with Crippen LogP contribution in [-0.2, 0) is 9.59 Å². The lowest BCUT2D eigenvalue weighted by Gasteiger charge is -2.26. The first-order chi connectivity index (χ1) is 17.5. The fourth-order valence-corrected chi connectivity index (χ4v) is 4.18. The van der Waals surface area contributed by atoms with E-state index in [0.717, 1.165) is 44.1 Å². The summed E-state index contributed by atoms with van der Waals surface area (Å²) < 4.78 is 15.1. The molecule has 0 aliphatic carbocycles. The van der Waals surface area contributed by atoms with Crippen molar-refractivity contribution in [3.05, 3.63) is 66.5 Å². The highest BCUT2D eigenvalue weighted by molar-refractivity contribution is 5.95. The second kappa shape index (κ2) is 13.6. The van der Waals surface area contributed by atoms with Crippen LogP contribution in [0.1, 0.15) is 59.3 Å². The van der Waals surface area contributed by atoms with Gasteiger partial charge in [0.1, 0.15) is 11.6 Å². The van der Waals surface area contributed by atoms with Gasteiger partial charge in [0.05, 0.1) is 17.9 Å². The second-order valence-corrected chi connectivity index (χ2v) is 9.08. The van der Waals surface area contributed by atoms with Crippen LogP contribution in [0.5, 0.6) is 0 Å². The minimum Gasteiger partial charge on any atom is -0.333 e. The van der Waals surface area contributed by atoms with Gasteiger partial charge in [-0.1, -0.05) is 70.4 Å². The molecule has 0 saturated carbocycles. The number of carbonyl (C=O) groups excluding carboxylic acids is 2. The number of carbonyl (C=O) groups is 2. The molecule has 0 unspecified atom stereocenters. The zero-order chi connectivity index (χ0) is 25.9. The van der Waals surface area contributed by atoms with Gasteiger partial charge in [-0.05, 0) is 43.5 Å². The first-order valence-corrected chi connectivity index (χ1v) is 13.0. The van der Waals surface area contributed by atoms with Gasteiger partial charge in [0.25, 0.3) is 0 Å². The Morgan fingerprint density at radius 2 is 1.69 bits per heavy atom. The zero-order valence-corrected chi connectivity index (χ0v) is 21.5. The van der Waals surface area contributed by atoms with E-state index in [2.05, 4.69) is 24.3 Å². The van der Waals surface area contributed by atoms with Crippen molar-refractivity contribution in [3.8, 4) is 16.9 Å². The van der Waals surface area contributed by atoms with Gasteiger partial charge in [-0.15, -0.1) is 0 Å². The molecular formula is C29H37FN4O2. The van der Waals surface area contributed by atoms with Crippen LogP contribution < -0.4 is 5.32 Å². The lowest BCUT2D eigenvalue weighted by Crippen LogP contribution is -2.42. The van der Waals surface area contributed by atoms with Crippen LogP contribution in [-0.4, -0.2) is 39.6 Å². The Morgan fingerprint density at radius 1 is 1.00 bits per heavy atom. The number of nitrogens with zero attached hydrogens (tertiary/aromatic N) is 3. The number of unbranched alkanes of at least 4 members (excludes halogenated alkanes) is 2. The van der Waals surface area contributed by atoms with E-state index in [1.54, 1.807) is 27.8 Å². The van der Waals surface area contributed by atoms with E-state index >= 15 is 0 Å². The number of amides is 2. The maximum absolute atomic E-state index is 13.5. The van der Waals surface area contributed by atoms with Gasteiger partial charge in [0.15, 0.2) is 0 Å². The smallest absolute Gasteiger partial charge is 0.245 e. The van der Waals surface area contributed by atoms with Crippen LogP contribution >= 0.6 is 0 Å². The number of aromatic nitrogens is 2. The predicted molar refractivity (Wildman–Crippen MR) is 142 cm³/mol. The average Bonchev–Trinajstić information content (AvgIpc) is 3.31. The summed E-state index contributed by atoms with van der Waals surface area (Å²) in [7, 11) is 0. The maximum Gasteiger partial charge on any atom is 0.245 e. The molecule has 0 aliphatic heterocycles. The Balaban J connectivity index is 1.84. The summed E-state index contributed by atoms with van der Waals surface area (Å²) in [5.41, 5.74) is 2.20. The number of nitrogens with one attached hydrogen (secondary N) is 1. The molecule has 0 radical (unpaired) electrons. The van der Waals surface area contributed by atoms with Crippen molar-refractivity contribution < 1.29 is 14.0 Å². The maximum atomic E-state index is 13.5. The van der Waals surface area contributed by atoms with E-state index in [-0.39, 0.29) is 30.1 Å².